The minimum atomic E-state index is -0.427. The molecule has 0 aliphatic carbocycles. The first-order chi connectivity index (χ1) is 9.45. The zero-order chi connectivity index (χ0) is 15.4. The summed E-state index contributed by atoms with van der Waals surface area (Å²) in [7, 11) is 1.84. The molecule has 0 heterocycles. The number of nitrogens with one attached hydrogen (secondary N) is 2. The molecule has 0 aromatic rings. The molecule has 3 amide bonds. The van der Waals surface area contributed by atoms with Crippen LogP contribution < -0.4 is 10.6 Å². The van der Waals surface area contributed by atoms with Gasteiger partial charge < -0.3 is 10.4 Å². The van der Waals surface area contributed by atoms with Gasteiger partial charge in [-0.2, -0.15) is 0 Å². The van der Waals surface area contributed by atoms with Crippen molar-refractivity contribution in [1.29, 1.82) is 0 Å². The molecule has 0 radical (unpaired) electrons. The highest BCUT2D eigenvalue weighted by Gasteiger charge is 2.09. The number of rotatable bonds is 10. The van der Waals surface area contributed by atoms with E-state index < -0.39 is 6.03 Å². The summed E-state index contributed by atoms with van der Waals surface area (Å²) in [4.78, 5) is 24.9. The van der Waals surface area contributed by atoms with Crippen molar-refractivity contribution in [3.63, 3.8) is 0 Å². The second kappa shape index (κ2) is 11.7. The molecule has 0 unspecified atom stereocenters. The smallest absolute Gasteiger partial charge is 0.321 e. The van der Waals surface area contributed by atoms with E-state index in [2.05, 4.69) is 24.5 Å². The van der Waals surface area contributed by atoms with E-state index in [4.69, 9.17) is 5.11 Å². The molecule has 0 rings (SSSR count). The Morgan fingerprint density at radius 2 is 1.90 bits per heavy atom. The summed E-state index contributed by atoms with van der Waals surface area (Å²) in [6.45, 7) is 5.93. The van der Waals surface area contributed by atoms with Gasteiger partial charge in [0.15, 0.2) is 0 Å². The standard InChI is InChI=1S/C14H29N3O3/c1-12(2)7-8-15-14(20)16-13(19)11-17(3)9-5-4-6-10-18/h12,18H,4-11H2,1-3H3,(H2,15,16,19,20). The average molecular weight is 287 g/mol. The van der Waals surface area contributed by atoms with Crippen molar-refractivity contribution in [2.45, 2.75) is 39.5 Å². The number of nitrogens with zero attached hydrogens (tertiary/aromatic N) is 1. The van der Waals surface area contributed by atoms with Gasteiger partial charge in [0.1, 0.15) is 0 Å². The molecule has 0 bridgehead atoms. The van der Waals surface area contributed by atoms with Crippen molar-refractivity contribution in [3.05, 3.63) is 0 Å². The number of aliphatic hydroxyl groups excluding tert-OH is 1. The fourth-order valence-corrected chi connectivity index (χ4v) is 1.68. The Balaban J connectivity index is 3.67. The van der Waals surface area contributed by atoms with Gasteiger partial charge in [0.2, 0.25) is 5.91 Å². The number of likely N-dealkylation sites (N-methyl/N-ethyl adjacent to an activating group) is 1. The lowest BCUT2D eigenvalue weighted by molar-refractivity contribution is -0.120. The third kappa shape index (κ3) is 11.9. The molecule has 118 valence electrons. The predicted molar refractivity (Wildman–Crippen MR) is 79.4 cm³/mol. The van der Waals surface area contributed by atoms with Crippen LogP contribution in [-0.2, 0) is 4.79 Å². The van der Waals surface area contributed by atoms with Crippen LogP contribution >= 0.6 is 0 Å². The molecule has 0 saturated carbocycles. The lowest BCUT2D eigenvalue weighted by Crippen LogP contribution is -2.44. The monoisotopic (exact) mass is 287 g/mol. The van der Waals surface area contributed by atoms with Crippen LogP contribution in [0.25, 0.3) is 0 Å². The summed E-state index contributed by atoms with van der Waals surface area (Å²) in [5.74, 6) is 0.229. The van der Waals surface area contributed by atoms with Gasteiger partial charge in [0.25, 0.3) is 0 Å². The molecule has 0 aromatic heterocycles. The molecule has 0 atom stereocenters. The maximum atomic E-state index is 11.6. The molecule has 20 heavy (non-hydrogen) atoms. The van der Waals surface area contributed by atoms with Crippen LogP contribution in [0.2, 0.25) is 0 Å². The summed E-state index contributed by atoms with van der Waals surface area (Å²) in [6.07, 6.45) is 3.56. The van der Waals surface area contributed by atoms with E-state index in [0.29, 0.717) is 12.5 Å². The van der Waals surface area contributed by atoms with Gasteiger partial charge in [0.05, 0.1) is 6.54 Å². The highest BCUT2D eigenvalue weighted by Crippen LogP contribution is 1.97. The Morgan fingerprint density at radius 1 is 1.20 bits per heavy atom. The molecule has 6 heteroatoms. The number of hydrogen-bond donors (Lipinski definition) is 3. The van der Waals surface area contributed by atoms with Crippen LogP contribution in [0.15, 0.2) is 0 Å². The van der Waals surface area contributed by atoms with Crippen LogP contribution in [-0.4, -0.2) is 55.2 Å². The molecular formula is C14H29N3O3. The van der Waals surface area contributed by atoms with E-state index >= 15 is 0 Å². The average Bonchev–Trinajstić information content (AvgIpc) is 2.33. The van der Waals surface area contributed by atoms with Crippen molar-refractivity contribution >= 4 is 11.9 Å². The molecule has 0 aliphatic rings. The second-order valence-electron chi connectivity index (χ2n) is 5.51. The molecule has 0 fully saturated rings. The summed E-state index contributed by atoms with van der Waals surface area (Å²) in [5.41, 5.74) is 0. The number of amides is 3. The number of urea groups is 1. The topological polar surface area (TPSA) is 81.7 Å². The van der Waals surface area contributed by atoms with Crippen LogP contribution in [0.4, 0.5) is 4.79 Å². The minimum Gasteiger partial charge on any atom is -0.396 e. The third-order valence-electron chi connectivity index (χ3n) is 2.87. The van der Waals surface area contributed by atoms with E-state index in [9.17, 15) is 9.59 Å². The Morgan fingerprint density at radius 3 is 2.50 bits per heavy atom. The molecule has 6 nitrogen and oxygen atoms in total. The third-order valence-corrected chi connectivity index (χ3v) is 2.87. The highest BCUT2D eigenvalue weighted by molar-refractivity contribution is 5.95. The quantitative estimate of drug-likeness (QED) is 0.523. The summed E-state index contributed by atoms with van der Waals surface area (Å²) >= 11 is 0. The van der Waals surface area contributed by atoms with Gasteiger partial charge in [-0.3, -0.25) is 15.0 Å². The van der Waals surface area contributed by atoms with Crippen molar-refractivity contribution in [2.24, 2.45) is 5.92 Å². The maximum Gasteiger partial charge on any atom is 0.321 e. The first-order valence-corrected chi connectivity index (χ1v) is 7.32. The largest absolute Gasteiger partial charge is 0.396 e. The van der Waals surface area contributed by atoms with E-state index in [-0.39, 0.29) is 19.1 Å². The molecular weight excluding hydrogens is 258 g/mol. The van der Waals surface area contributed by atoms with Gasteiger partial charge >= 0.3 is 6.03 Å². The fraction of sp³-hybridized carbons (Fsp3) is 0.857. The fourth-order valence-electron chi connectivity index (χ4n) is 1.68. The lowest BCUT2D eigenvalue weighted by atomic mass is 10.1. The van der Waals surface area contributed by atoms with Crippen molar-refractivity contribution in [2.75, 3.05) is 33.3 Å². The minimum absolute atomic E-state index is 0.205. The van der Waals surface area contributed by atoms with Gasteiger partial charge in [-0.05, 0) is 45.2 Å². The summed E-state index contributed by atoms with van der Waals surface area (Å²) in [6, 6.07) is -0.427. The van der Waals surface area contributed by atoms with Crippen LogP contribution in [0.1, 0.15) is 39.5 Å². The Hall–Kier alpha value is -1.14. The molecule has 0 aromatic carbocycles. The van der Waals surface area contributed by atoms with E-state index in [1.807, 2.05) is 11.9 Å². The number of aliphatic hydroxyl groups is 1. The molecule has 0 spiro atoms. The van der Waals surface area contributed by atoms with Crippen molar-refractivity contribution in [3.8, 4) is 0 Å². The van der Waals surface area contributed by atoms with Gasteiger partial charge in [-0.1, -0.05) is 13.8 Å². The second-order valence-corrected chi connectivity index (χ2v) is 5.51. The first kappa shape index (κ1) is 18.9. The highest BCUT2D eigenvalue weighted by atomic mass is 16.3. The number of unbranched alkanes of at least 4 members (excludes halogenated alkanes) is 2. The Kier molecular flexibility index (Phi) is 11.0. The van der Waals surface area contributed by atoms with E-state index in [1.54, 1.807) is 0 Å². The Labute approximate surface area is 121 Å². The zero-order valence-electron chi connectivity index (χ0n) is 12.9. The number of carbonyl (C=O) groups excluding carboxylic acids is 2. The van der Waals surface area contributed by atoms with Crippen LogP contribution in [0, 0.1) is 5.92 Å². The summed E-state index contributed by atoms with van der Waals surface area (Å²) in [5, 5.41) is 13.6. The van der Waals surface area contributed by atoms with Gasteiger partial charge in [-0.15, -0.1) is 0 Å². The molecule has 0 saturated heterocycles. The number of imide groups is 1. The molecule has 3 N–H and O–H groups in total. The van der Waals surface area contributed by atoms with Gasteiger partial charge in [0, 0.05) is 13.2 Å². The number of carbonyl (C=O) groups is 2. The normalized spacial score (nSPS) is 10.9. The van der Waals surface area contributed by atoms with Crippen molar-refractivity contribution in [1.82, 2.24) is 15.5 Å². The van der Waals surface area contributed by atoms with E-state index in [1.165, 1.54) is 0 Å². The number of hydrogen-bond acceptors (Lipinski definition) is 4. The van der Waals surface area contributed by atoms with E-state index in [0.717, 1.165) is 32.2 Å². The first-order valence-electron chi connectivity index (χ1n) is 7.32. The van der Waals surface area contributed by atoms with Crippen LogP contribution in [0.5, 0.6) is 0 Å². The predicted octanol–water partition coefficient (Wildman–Crippen LogP) is 0.953. The van der Waals surface area contributed by atoms with Crippen molar-refractivity contribution < 1.29 is 14.7 Å². The zero-order valence-corrected chi connectivity index (χ0v) is 12.9. The maximum absolute atomic E-state index is 11.6. The summed E-state index contributed by atoms with van der Waals surface area (Å²) < 4.78 is 0. The van der Waals surface area contributed by atoms with Crippen LogP contribution in [0.3, 0.4) is 0 Å². The Bertz CT molecular complexity index is 283. The van der Waals surface area contributed by atoms with Gasteiger partial charge in [-0.25, -0.2) is 4.79 Å². The lowest BCUT2D eigenvalue weighted by Gasteiger charge is -2.15. The molecule has 0 aliphatic heterocycles. The SMILES string of the molecule is CC(C)CCNC(=O)NC(=O)CN(C)CCCCCO.